The van der Waals surface area contributed by atoms with Crippen LogP contribution in [0.1, 0.15) is 23.3 Å². The Morgan fingerprint density at radius 3 is 2.50 bits per heavy atom. The Hall–Kier alpha value is -1.19. The number of nitrogens with zero attached hydrogens (tertiary/aromatic N) is 2. The van der Waals surface area contributed by atoms with E-state index < -0.39 is 10.8 Å². The van der Waals surface area contributed by atoms with Crippen LogP contribution in [0.2, 0.25) is 4.34 Å². The highest BCUT2D eigenvalue weighted by atomic mass is 35.5. The van der Waals surface area contributed by atoms with E-state index in [1.807, 2.05) is 18.2 Å². The molecular formula is C18H19ClN2OS2. The molecule has 0 amide bonds. The third-order valence-electron chi connectivity index (χ3n) is 4.36. The van der Waals surface area contributed by atoms with Crippen LogP contribution in [0.25, 0.3) is 0 Å². The number of piperidine rings is 1. The molecule has 1 aliphatic rings. The number of nitriles is 1. The quantitative estimate of drug-likeness (QED) is 0.787. The second-order valence-corrected chi connectivity index (χ2v) is 9.46. The second-order valence-electron chi connectivity index (χ2n) is 5.93. The van der Waals surface area contributed by atoms with E-state index >= 15 is 0 Å². The van der Waals surface area contributed by atoms with Gasteiger partial charge in [-0.2, -0.15) is 5.26 Å². The molecule has 1 aromatic carbocycles. The van der Waals surface area contributed by atoms with Gasteiger partial charge in [-0.05, 0) is 68.8 Å². The minimum Gasteiger partial charge on any atom is -0.303 e. The van der Waals surface area contributed by atoms with Gasteiger partial charge in [-0.15, -0.1) is 11.3 Å². The molecule has 2 aromatic rings. The fourth-order valence-electron chi connectivity index (χ4n) is 2.96. The first kappa shape index (κ1) is 17.6. The van der Waals surface area contributed by atoms with Gasteiger partial charge in [0.25, 0.3) is 0 Å². The molecule has 126 valence electrons. The first-order valence-corrected chi connectivity index (χ1v) is 10.4. The average molecular weight is 379 g/mol. The van der Waals surface area contributed by atoms with Crippen molar-refractivity contribution in [2.45, 2.75) is 29.4 Å². The fourth-order valence-corrected chi connectivity index (χ4v) is 5.46. The van der Waals surface area contributed by atoms with Crippen molar-refractivity contribution in [1.29, 1.82) is 5.26 Å². The molecule has 0 bridgehead atoms. The molecule has 1 aliphatic heterocycles. The lowest BCUT2D eigenvalue weighted by molar-refractivity contribution is 0.234. The molecule has 1 fully saturated rings. The van der Waals surface area contributed by atoms with E-state index in [1.54, 1.807) is 23.5 Å². The summed E-state index contributed by atoms with van der Waals surface area (Å²) in [5.74, 6) is 0. The normalized spacial score (nSPS) is 17.5. The zero-order valence-electron chi connectivity index (χ0n) is 13.3. The van der Waals surface area contributed by atoms with Crippen LogP contribution in [-0.2, 0) is 17.2 Å². The van der Waals surface area contributed by atoms with Gasteiger partial charge in [0, 0.05) is 21.6 Å². The van der Waals surface area contributed by atoms with Crippen LogP contribution in [-0.4, -0.2) is 34.0 Å². The lowest BCUT2D eigenvalue weighted by Gasteiger charge is -2.31. The molecule has 6 heteroatoms. The largest absolute Gasteiger partial charge is 0.303 e. The van der Waals surface area contributed by atoms with E-state index in [-0.39, 0.29) is 5.25 Å². The molecule has 1 atom stereocenters. The lowest BCUT2D eigenvalue weighted by Crippen LogP contribution is -2.38. The molecule has 1 saturated heterocycles. The molecule has 1 unspecified atom stereocenters. The number of benzene rings is 1. The van der Waals surface area contributed by atoms with Gasteiger partial charge in [-0.1, -0.05) is 11.6 Å². The fraction of sp³-hybridized carbons (Fsp3) is 0.389. The van der Waals surface area contributed by atoms with Gasteiger partial charge in [0.15, 0.2) is 0 Å². The molecule has 0 radical (unpaired) electrons. The molecule has 3 rings (SSSR count). The smallest absolute Gasteiger partial charge is 0.0991 e. The summed E-state index contributed by atoms with van der Waals surface area (Å²) in [5.41, 5.74) is 0.610. The summed E-state index contributed by atoms with van der Waals surface area (Å²) >= 11 is 7.62. The summed E-state index contributed by atoms with van der Waals surface area (Å²) in [7, 11) is -0.983. The Bertz CT molecular complexity index is 743. The van der Waals surface area contributed by atoms with Crippen LogP contribution in [0.5, 0.6) is 0 Å². The van der Waals surface area contributed by atoms with Gasteiger partial charge >= 0.3 is 0 Å². The molecule has 2 heterocycles. The molecule has 3 nitrogen and oxygen atoms in total. The number of rotatable bonds is 5. The SMILES string of the molecule is N#Cc1ccc(S(=O)C2CCN(CCc3ccc(Cl)s3)CC2)cc1. The molecular weight excluding hydrogens is 360 g/mol. The summed E-state index contributed by atoms with van der Waals surface area (Å²) in [6.45, 7) is 3.02. The monoisotopic (exact) mass is 378 g/mol. The van der Waals surface area contributed by atoms with Crippen LogP contribution in [0.4, 0.5) is 0 Å². The summed E-state index contributed by atoms with van der Waals surface area (Å²) < 4.78 is 13.5. The van der Waals surface area contributed by atoms with E-state index in [0.717, 1.165) is 48.1 Å². The summed E-state index contributed by atoms with van der Waals surface area (Å²) in [5, 5.41) is 9.05. The van der Waals surface area contributed by atoms with Crippen molar-refractivity contribution in [3.05, 3.63) is 51.2 Å². The summed E-state index contributed by atoms with van der Waals surface area (Å²) in [4.78, 5) is 4.60. The van der Waals surface area contributed by atoms with Gasteiger partial charge in [0.05, 0.1) is 26.8 Å². The molecule has 0 spiro atoms. The number of hydrogen-bond acceptors (Lipinski definition) is 4. The molecule has 0 saturated carbocycles. The molecule has 0 aliphatic carbocycles. The zero-order chi connectivity index (χ0) is 16.9. The number of thiophene rings is 1. The summed E-state index contributed by atoms with van der Waals surface area (Å²) in [6, 6.07) is 13.3. The van der Waals surface area contributed by atoms with E-state index in [0.29, 0.717) is 5.56 Å². The van der Waals surface area contributed by atoms with E-state index in [9.17, 15) is 4.21 Å². The molecule has 1 aromatic heterocycles. The number of likely N-dealkylation sites (tertiary alicyclic amines) is 1. The average Bonchev–Trinajstić information content (AvgIpc) is 3.05. The Labute approximate surface area is 154 Å². The lowest BCUT2D eigenvalue weighted by atomic mass is 10.1. The van der Waals surface area contributed by atoms with Gasteiger partial charge in [-0.25, -0.2) is 0 Å². The van der Waals surface area contributed by atoms with E-state index in [2.05, 4.69) is 17.0 Å². The van der Waals surface area contributed by atoms with Crippen LogP contribution < -0.4 is 0 Å². The highest BCUT2D eigenvalue weighted by molar-refractivity contribution is 7.85. The highest BCUT2D eigenvalue weighted by Gasteiger charge is 2.24. The van der Waals surface area contributed by atoms with Crippen molar-refractivity contribution in [2.75, 3.05) is 19.6 Å². The number of halogens is 1. The standard InChI is InChI=1S/C18H19ClN2OS2/c19-18-6-3-15(23-18)7-10-21-11-8-17(9-12-21)24(22)16-4-1-14(13-20)2-5-16/h1-6,17H,7-12H2. The van der Waals surface area contributed by atoms with Crippen molar-refractivity contribution in [1.82, 2.24) is 4.90 Å². The van der Waals surface area contributed by atoms with Crippen molar-refractivity contribution in [2.24, 2.45) is 0 Å². The van der Waals surface area contributed by atoms with Crippen LogP contribution in [0.3, 0.4) is 0 Å². The Morgan fingerprint density at radius 2 is 1.92 bits per heavy atom. The van der Waals surface area contributed by atoms with Crippen molar-refractivity contribution < 1.29 is 4.21 Å². The second kappa shape index (κ2) is 8.26. The van der Waals surface area contributed by atoms with Gasteiger partial charge in [-0.3, -0.25) is 4.21 Å². The van der Waals surface area contributed by atoms with E-state index in [1.165, 1.54) is 4.88 Å². The zero-order valence-corrected chi connectivity index (χ0v) is 15.7. The maximum absolute atomic E-state index is 12.7. The highest BCUT2D eigenvalue weighted by Crippen LogP contribution is 2.24. The number of hydrogen-bond donors (Lipinski definition) is 0. The van der Waals surface area contributed by atoms with Gasteiger partial charge < -0.3 is 4.90 Å². The third kappa shape index (κ3) is 4.46. The van der Waals surface area contributed by atoms with Crippen LogP contribution in [0, 0.1) is 11.3 Å². The predicted molar refractivity (Wildman–Crippen MR) is 100 cm³/mol. The molecule has 24 heavy (non-hydrogen) atoms. The maximum Gasteiger partial charge on any atom is 0.0991 e. The van der Waals surface area contributed by atoms with Crippen molar-refractivity contribution in [3.63, 3.8) is 0 Å². The van der Waals surface area contributed by atoms with Crippen LogP contribution in [0.15, 0.2) is 41.3 Å². The third-order valence-corrected chi connectivity index (χ3v) is 7.46. The topological polar surface area (TPSA) is 44.1 Å². The Morgan fingerprint density at radius 1 is 1.21 bits per heavy atom. The van der Waals surface area contributed by atoms with Gasteiger partial charge in [0.2, 0.25) is 0 Å². The van der Waals surface area contributed by atoms with E-state index in [4.69, 9.17) is 16.9 Å². The first-order valence-electron chi connectivity index (χ1n) is 8.03. The Balaban J connectivity index is 1.49. The minimum atomic E-state index is -0.983. The minimum absolute atomic E-state index is 0.213. The molecule has 0 N–H and O–H groups in total. The first-order chi connectivity index (χ1) is 11.7. The maximum atomic E-state index is 12.7. The Kier molecular flexibility index (Phi) is 6.07. The van der Waals surface area contributed by atoms with Crippen LogP contribution >= 0.6 is 22.9 Å². The van der Waals surface area contributed by atoms with Crippen molar-refractivity contribution >= 4 is 33.7 Å². The summed E-state index contributed by atoms with van der Waals surface area (Å²) in [6.07, 6.45) is 2.94. The predicted octanol–water partition coefficient (Wildman–Crippen LogP) is 4.09. The van der Waals surface area contributed by atoms with Gasteiger partial charge in [0.1, 0.15) is 0 Å². The van der Waals surface area contributed by atoms with Crippen molar-refractivity contribution in [3.8, 4) is 6.07 Å².